The molecular formula is C11H18N2O5S. The van der Waals surface area contributed by atoms with Crippen molar-refractivity contribution in [3.05, 3.63) is 18.0 Å². The number of hydrogen-bond acceptors (Lipinski definition) is 4. The summed E-state index contributed by atoms with van der Waals surface area (Å²) in [6.45, 7) is 1.95. The zero-order chi connectivity index (χ0) is 14.5. The van der Waals surface area contributed by atoms with Crippen molar-refractivity contribution >= 4 is 16.0 Å². The topological polar surface area (TPSA) is 111 Å². The molecule has 0 aromatic carbocycles. The fourth-order valence-corrected chi connectivity index (χ4v) is 3.06. The van der Waals surface area contributed by atoms with Crippen molar-refractivity contribution < 1.29 is 23.4 Å². The van der Waals surface area contributed by atoms with E-state index in [1.165, 1.54) is 0 Å². The Labute approximate surface area is 111 Å². The first kappa shape index (κ1) is 15.7. The number of aliphatic hydroxyl groups is 1. The number of H-pyrrole nitrogens is 1. The average Bonchev–Trinajstić information content (AvgIpc) is 2.84. The number of aromatic carboxylic acids is 1. The molecule has 7 nitrogen and oxygen atoms in total. The number of sulfonamides is 1. The highest BCUT2D eigenvalue weighted by molar-refractivity contribution is 7.89. The fraction of sp³-hybridized carbons (Fsp3) is 0.545. The van der Waals surface area contributed by atoms with E-state index < -0.39 is 16.0 Å². The van der Waals surface area contributed by atoms with Gasteiger partial charge in [-0.1, -0.05) is 13.3 Å². The summed E-state index contributed by atoms with van der Waals surface area (Å²) in [4.78, 5) is 13.0. The van der Waals surface area contributed by atoms with Crippen molar-refractivity contribution in [2.45, 2.75) is 24.7 Å². The molecule has 0 saturated carbocycles. The van der Waals surface area contributed by atoms with Crippen molar-refractivity contribution in [1.82, 2.24) is 9.29 Å². The lowest BCUT2D eigenvalue weighted by Crippen LogP contribution is -2.34. The number of aliphatic hydroxyl groups excluding tert-OH is 1. The molecule has 19 heavy (non-hydrogen) atoms. The van der Waals surface area contributed by atoms with Crippen LogP contribution in [0.15, 0.2) is 17.2 Å². The maximum Gasteiger partial charge on any atom is 0.352 e. The van der Waals surface area contributed by atoms with E-state index >= 15 is 0 Å². The van der Waals surface area contributed by atoms with Crippen LogP contribution in [0.1, 0.15) is 30.3 Å². The molecule has 0 aliphatic rings. The molecule has 0 bridgehead atoms. The summed E-state index contributed by atoms with van der Waals surface area (Å²) >= 11 is 0. The van der Waals surface area contributed by atoms with Gasteiger partial charge in [0, 0.05) is 19.3 Å². The summed E-state index contributed by atoms with van der Waals surface area (Å²) in [7, 11) is -3.77. The monoisotopic (exact) mass is 290 g/mol. The van der Waals surface area contributed by atoms with Gasteiger partial charge in [0.05, 0.1) is 6.61 Å². The van der Waals surface area contributed by atoms with Crippen LogP contribution < -0.4 is 0 Å². The van der Waals surface area contributed by atoms with E-state index in [4.69, 9.17) is 10.2 Å². The average molecular weight is 290 g/mol. The van der Waals surface area contributed by atoms with Crippen molar-refractivity contribution in [2.24, 2.45) is 0 Å². The molecule has 3 N–H and O–H groups in total. The lowest BCUT2D eigenvalue weighted by Gasteiger charge is -2.20. The van der Waals surface area contributed by atoms with E-state index in [1.807, 2.05) is 6.92 Å². The lowest BCUT2D eigenvalue weighted by molar-refractivity contribution is 0.0691. The number of carbonyl (C=O) groups is 1. The Bertz CT molecular complexity index is 523. The minimum Gasteiger partial charge on any atom is -0.477 e. The van der Waals surface area contributed by atoms with Crippen molar-refractivity contribution in [3.63, 3.8) is 0 Å². The third kappa shape index (κ3) is 3.79. The first-order valence-corrected chi connectivity index (χ1v) is 7.40. The van der Waals surface area contributed by atoms with E-state index in [-0.39, 0.29) is 23.7 Å². The Morgan fingerprint density at radius 1 is 1.42 bits per heavy atom. The Morgan fingerprint density at radius 2 is 2.11 bits per heavy atom. The first-order valence-electron chi connectivity index (χ1n) is 5.96. The Balaban J connectivity index is 3.00. The van der Waals surface area contributed by atoms with Gasteiger partial charge in [0.2, 0.25) is 10.0 Å². The van der Waals surface area contributed by atoms with Crippen LogP contribution in [0.2, 0.25) is 0 Å². The lowest BCUT2D eigenvalue weighted by atomic mass is 10.3. The molecule has 1 heterocycles. The van der Waals surface area contributed by atoms with Crippen LogP contribution in [0.3, 0.4) is 0 Å². The summed E-state index contributed by atoms with van der Waals surface area (Å²) in [5.41, 5.74) is -0.182. The molecule has 0 radical (unpaired) electrons. The van der Waals surface area contributed by atoms with Crippen LogP contribution in [0.4, 0.5) is 0 Å². The maximum atomic E-state index is 12.3. The molecule has 1 rings (SSSR count). The fourth-order valence-electron chi connectivity index (χ4n) is 1.59. The highest BCUT2D eigenvalue weighted by atomic mass is 32.2. The summed E-state index contributed by atoms with van der Waals surface area (Å²) in [6.07, 6.45) is 2.65. The summed E-state index contributed by atoms with van der Waals surface area (Å²) in [5.74, 6) is -1.22. The largest absolute Gasteiger partial charge is 0.477 e. The highest BCUT2D eigenvalue weighted by Crippen LogP contribution is 2.17. The maximum absolute atomic E-state index is 12.3. The molecule has 0 atom stereocenters. The number of nitrogens with one attached hydrogen (secondary N) is 1. The third-order valence-electron chi connectivity index (χ3n) is 2.64. The molecule has 1 aromatic heterocycles. The molecule has 1 aromatic rings. The van der Waals surface area contributed by atoms with Gasteiger partial charge in [0.1, 0.15) is 10.6 Å². The minimum absolute atomic E-state index is 0.00405. The van der Waals surface area contributed by atoms with Crippen molar-refractivity contribution in [1.29, 1.82) is 0 Å². The number of carboxylic acids is 1. The first-order chi connectivity index (χ1) is 8.93. The second-order valence-corrected chi connectivity index (χ2v) is 5.97. The number of unbranched alkanes of at least 4 members (excludes halogenated alkanes) is 1. The van der Waals surface area contributed by atoms with Crippen LogP contribution in [0, 0.1) is 0 Å². The predicted molar refractivity (Wildman–Crippen MR) is 68.5 cm³/mol. The number of aromatic nitrogens is 1. The molecule has 0 aliphatic carbocycles. The second-order valence-electron chi connectivity index (χ2n) is 4.04. The number of nitrogens with zero attached hydrogens (tertiary/aromatic N) is 1. The summed E-state index contributed by atoms with van der Waals surface area (Å²) < 4.78 is 25.7. The SMILES string of the molecule is CCCCN(CCO)S(=O)(=O)c1c[nH]c(C(=O)O)c1. The Morgan fingerprint density at radius 3 is 2.58 bits per heavy atom. The van der Waals surface area contributed by atoms with Gasteiger partial charge in [-0.05, 0) is 12.5 Å². The van der Waals surface area contributed by atoms with Crippen LogP contribution in [0.5, 0.6) is 0 Å². The molecule has 0 saturated heterocycles. The highest BCUT2D eigenvalue weighted by Gasteiger charge is 2.25. The molecule has 0 unspecified atom stereocenters. The Hall–Kier alpha value is -1.38. The number of hydrogen-bond donors (Lipinski definition) is 3. The summed E-state index contributed by atoms with van der Waals surface area (Å²) in [6, 6.07) is 1.08. The number of carboxylic acid groups (broad SMARTS) is 1. The Kier molecular flexibility index (Phi) is 5.52. The molecular weight excluding hydrogens is 272 g/mol. The second kappa shape index (κ2) is 6.69. The van der Waals surface area contributed by atoms with Crippen LogP contribution in [-0.4, -0.2) is 53.6 Å². The third-order valence-corrected chi connectivity index (χ3v) is 4.51. The normalized spacial score (nSPS) is 11.9. The van der Waals surface area contributed by atoms with E-state index in [0.29, 0.717) is 13.0 Å². The predicted octanol–water partition coefficient (Wildman–Crippen LogP) is 0.496. The molecule has 108 valence electrons. The van der Waals surface area contributed by atoms with Gasteiger partial charge in [-0.25, -0.2) is 13.2 Å². The van der Waals surface area contributed by atoms with Crippen LogP contribution >= 0.6 is 0 Å². The van der Waals surface area contributed by atoms with Gasteiger partial charge in [0.25, 0.3) is 0 Å². The van der Waals surface area contributed by atoms with Gasteiger partial charge in [-0.3, -0.25) is 0 Å². The van der Waals surface area contributed by atoms with Crippen LogP contribution in [0.25, 0.3) is 0 Å². The van der Waals surface area contributed by atoms with Crippen LogP contribution in [-0.2, 0) is 10.0 Å². The van der Waals surface area contributed by atoms with Gasteiger partial charge in [-0.2, -0.15) is 4.31 Å². The van der Waals surface area contributed by atoms with Gasteiger partial charge in [0.15, 0.2) is 0 Å². The number of aromatic amines is 1. The van der Waals surface area contributed by atoms with Gasteiger partial charge < -0.3 is 15.2 Å². The zero-order valence-corrected chi connectivity index (χ0v) is 11.5. The molecule has 0 amide bonds. The smallest absolute Gasteiger partial charge is 0.352 e. The minimum atomic E-state index is -3.77. The molecule has 8 heteroatoms. The van der Waals surface area contributed by atoms with E-state index in [1.54, 1.807) is 0 Å². The molecule has 0 fully saturated rings. The van der Waals surface area contributed by atoms with Gasteiger partial charge >= 0.3 is 5.97 Å². The molecule has 0 aliphatic heterocycles. The quantitative estimate of drug-likeness (QED) is 0.645. The van der Waals surface area contributed by atoms with Crippen molar-refractivity contribution in [3.8, 4) is 0 Å². The zero-order valence-electron chi connectivity index (χ0n) is 10.7. The van der Waals surface area contributed by atoms with E-state index in [9.17, 15) is 13.2 Å². The van der Waals surface area contributed by atoms with E-state index in [0.717, 1.165) is 23.0 Å². The van der Waals surface area contributed by atoms with E-state index in [2.05, 4.69) is 4.98 Å². The van der Waals surface area contributed by atoms with Gasteiger partial charge in [-0.15, -0.1) is 0 Å². The summed E-state index contributed by atoms with van der Waals surface area (Å²) in [5, 5.41) is 17.7. The van der Waals surface area contributed by atoms with Crippen molar-refractivity contribution in [2.75, 3.05) is 19.7 Å². The molecule has 0 spiro atoms. The number of rotatable bonds is 8. The standard InChI is InChI=1S/C11H18N2O5S/c1-2-3-4-13(5-6-14)19(17,18)9-7-10(11(15)16)12-8-9/h7-8,12,14H,2-6H2,1H3,(H,15,16).